The first kappa shape index (κ1) is 25.8. The number of hydrogen-bond acceptors (Lipinski definition) is 10. The molecule has 0 saturated carbocycles. The van der Waals surface area contributed by atoms with Crippen molar-refractivity contribution in [2.75, 3.05) is 55.7 Å². The molecule has 194 valence electrons. The van der Waals surface area contributed by atoms with Crippen molar-refractivity contribution in [2.45, 2.75) is 19.8 Å². The number of carbonyl (C=O) groups is 1. The fourth-order valence-electron chi connectivity index (χ4n) is 3.64. The number of benzene rings is 2. The van der Waals surface area contributed by atoms with Crippen LogP contribution in [0, 0.1) is 6.92 Å². The van der Waals surface area contributed by atoms with Gasteiger partial charge in [0.1, 0.15) is 11.6 Å². The van der Waals surface area contributed by atoms with Gasteiger partial charge in [0.15, 0.2) is 0 Å². The van der Waals surface area contributed by atoms with Gasteiger partial charge in [0, 0.05) is 31.3 Å². The number of rotatable bonds is 10. The summed E-state index contributed by atoms with van der Waals surface area (Å²) in [5.74, 6) is 2.16. The van der Waals surface area contributed by atoms with Crippen molar-refractivity contribution in [1.82, 2.24) is 15.0 Å². The van der Waals surface area contributed by atoms with Gasteiger partial charge in [0.25, 0.3) is 0 Å². The average Bonchev–Trinajstić information content (AvgIpc) is 2.92. The molecule has 1 aromatic heterocycles. The molecule has 0 radical (unpaired) electrons. The lowest BCUT2D eigenvalue weighted by Gasteiger charge is -2.27. The summed E-state index contributed by atoms with van der Waals surface area (Å²) in [5, 5.41) is 6.98. The van der Waals surface area contributed by atoms with Crippen LogP contribution < -0.4 is 20.4 Å². The Bertz CT molecular complexity index is 1220. The van der Waals surface area contributed by atoms with Gasteiger partial charge >= 0.3 is 6.09 Å². The Labute approximate surface area is 215 Å². The Hall–Kier alpha value is -4.25. The van der Waals surface area contributed by atoms with Gasteiger partial charge in [-0.05, 0) is 31.0 Å². The van der Waals surface area contributed by atoms with Crippen LogP contribution in [0.15, 0.2) is 53.6 Å². The molecule has 2 heterocycles. The highest BCUT2D eigenvalue weighted by Gasteiger charge is 2.16. The average molecular weight is 506 g/mol. The normalized spacial score (nSPS) is 13.4. The predicted octanol–water partition coefficient (Wildman–Crippen LogP) is 3.65. The van der Waals surface area contributed by atoms with Gasteiger partial charge in [-0.15, -0.1) is 0 Å². The summed E-state index contributed by atoms with van der Waals surface area (Å²) in [6, 6.07) is 15.1. The minimum atomic E-state index is -0.536. The first-order chi connectivity index (χ1) is 18.1. The summed E-state index contributed by atoms with van der Waals surface area (Å²) < 4.78 is 15.9. The second-order valence-electron chi connectivity index (χ2n) is 8.36. The zero-order valence-corrected chi connectivity index (χ0v) is 21.0. The van der Waals surface area contributed by atoms with Crippen LogP contribution in [0.3, 0.4) is 0 Å². The molecule has 37 heavy (non-hydrogen) atoms. The summed E-state index contributed by atoms with van der Waals surface area (Å²) in [5.41, 5.74) is 5.64. The van der Waals surface area contributed by atoms with E-state index in [1.54, 1.807) is 37.6 Å². The number of aryl methyl sites for hydroxylation is 2. The second-order valence-corrected chi connectivity index (χ2v) is 8.36. The molecule has 1 saturated heterocycles. The Morgan fingerprint density at radius 1 is 1.14 bits per heavy atom. The van der Waals surface area contributed by atoms with Crippen LogP contribution in [0.5, 0.6) is 5.75 Å². The maximum atomic E-state index is 12.1. The van der Waals surface area contributed by atoms with Crippen LogP contribution in [-0.2, 0) is 15.9 Å². The standard InChI is InChI=1S/C26H31N7O4/c1-19-6-3-7-20(16-19)18-27-32-24-29-23(30-25(31-24)33-11-14-36-15-12-33)10-5-13-37-26(34)28-21-8-4-9-22(17-21)35-2/h3-4,6-9,16-18H,5,10-15H2,1-2H3,(H,28,34)(H,29,30,31,32). The monoisotopic (exact) mass is 505 g/mol. The molecule has 0 aliphatic carbocycles. The maximum absolute atomic E-state index is 12.1. The van der Waals surface area contributed by atoms with E-state index in [1.165, 1.54) is 0 Å². The van der Waals surface area contributed by atoms with Crippen molar-refractivity contribution in [3.8, 4) is 5.75 Å². The van der Waals surface area contributed by atoms with Gasteiger partial charge in [-0.2, -0.15) is 20.1 Å². The van der Waals surface area contributed by atoms with Crippen molar-refractivity contribution in [3.63, 3.8) is 0 Å². The molecule has 2 N–H and O–H groups in total. The second kappa shape index (κ2) is 13.2. The van der Waals surface area contributed by atoms with E-state index in [0.29, 0.717) is 68.3 Å². The molecule has 11 heteroatoms. The summed E-state index contributed by atoms with van der Waals surface area (Å²) in [6.07, 6.45) is 2.23. The molecular weight excluding hydrogens is 474 g/mol. The molecule has 0 spiro atoms. The fraction of sp³-hybridized carbons (Fsp3) is 0.346. The van der Waals surface area contributed by atoms with Crippen molar-refractivity contribution in [3.05, 3.63) is 65.5 Å². The predicted molar refractivity (Wildman–Crippen MR) is 142 cm³/mol. The van der Waals surface area contributed by atoms with Crippen molar-refractivity contribution in [2.24, 2.45) is 5.10 Å². The molecule has 1 fully saturated rings. The minimum absolute atomic E-state index is 0.211. The molecule has 3 aromatic rings. The van der Waals surface area contributed by atoms with Crippen molar-refractivity contribution < 1.29 is 19.0 Å². The van der Waals surface area contributed by atoms with Crippen LogP contribution in [0.25, 0.3) is 0 Å². The summed E-state index contributed by atoms with van der Waals surface area (Å²) in [4.78, 5) is 27.9. The third-order valence-corrected chi connectivity index (χ3v) is 5.48. The zero-order valence-electron chi connectivity index (χ0n) is 21.0. The van der Waals surface area contributed by atoms with Gasteiger partial charge < -0.3 is 19.1 Å². The number of carbonyl (C=O) groups excluding carboxylic acids is 1. The topological polar surface area (TPSA) is 123 Å². The Balaban J connectivity index is 1.35. The van der Waals surface area contributed by atoms with Crippen LogP contribution in [-0.4, -0.2) is 67.3 Å². The molecule has 0 unspecified atom stereocenters. The number of nitrogens with one attached hydrogen (secondary N) is 2. The molecule has 11 nitrogen and oxygen atoms in total. The van der Waals surface area contributed by atoms with Crippen molar-refractivity contribution in [1.29, 1.82) is 0 Å². The number of methoxy groups -OCH3 is 1. The van der Waals surface area contributed by atoms with E-state index >= 15 is 0 Å². The molecule has 1 amide bonds. The first-order valence-electron chi connectivity index (χ1n) is 12.1. The smallest absolute Gasteiger partial charge is 0.411 e. The highest BCUT2D eigenvalue weighted by molar-refractivity contribution is 5.84. The summed E-state index contributed by atoms with van der Waals surface area (Å²) in [7, 11) is 1.57. The Morgan fingerprint density at radius 3 is 2.78 bits per heavy atom. The quantitative estimate of drug-likeness (QED) is 0.241. The molecule has 0 bridgehead atoms. The van der Waals surface area contributed by atoms with E-state index in [2.05, 4.69) is 35.7 Å². The largest absolute Gasteiger partial charge is 0.497 e. The highest BCUT2D eigenvalue weighted by Crippen LogP contribution is 2.17. The number of hydrogen-bond donors (Lipinski definition) is 2. The number of aromatic nitrogens is 3. The van der Waals surface area contributed by atoms with Crippen LogP contribution in [0.1, 0.15) is 23.4 Å². The number of nitrogens with zero attached hydrogens (tertiary/aromatic N) is 5. The third kappa shape index (κ3) is 8.14. The number of morpholine rings is 1. The molecule has 2 aromatic carbocycles. The van der Waals surface area contributed by atoms with Gasteiger partial charge in [-0.1, -0.05) is 35.9 Å². The lowest BCUT2D eigenvalue weighted by molar-refractivity contribution is 0.122. The summed E-state index contributed by atoms with van der Waals surface area (Å²) >= 11 is 0. The van der Waals surface area contributed by atoms with Crippen molar-refractivity contribution >= 4 is 29.9 Å². The van der Waals surface area contributed by atoms with Gasteiger partial charge in [0.2, 0.25) is 11.9 Å². The molecular formula is C26H31N7O4. The lowest BCUT2D eigenvalue weighted by Crippen LogP contribution is -2.37. The third-order valence-electron chi connectivity index (χ3n) is 5.48. The number of hydrazone groups is 1. The van der Waals surface area contributed by atoms with E-state index in [-0.39, 0.29) is 6.61 Å². The fourth-order valence-corrected chi connectivity index (χ4v) is 3.64. The highest BCUT2D eigenvalue weighted by atomic mass is 16.5. The van der Waals surface area contributed by atoms with Gasteiger partial charge in [0.05, 0.1) is 33.1 Å². The van der Waals surface area contributed by atoms with E-state index < -0.39 is 6.09 Å². The molecule has 0 atom stereocenters. The van der Waals surface area contributed by atoms with Gasteiger partial charge in [-0.3, -0.25) is 5.32 Å². The lowest BCUT2D eigenvalue weighted by atomic mass is 10.2. The van der Waals surface area contributed by atoms with Crippen LogP contribution in [0.2, 0.25) is 0 Å². The molecule has 1 aliphatic rings. The van der Waals surface area contributed by atoms with Gasteiger partial charge in [-0.25, -0.2) is 10.2 Å². The number of amides is 1. The first-order valence-corrected chi connectivity index (χ1v) is 12.1. The Morgan fingerprint density at radius 2 is 1.97 bits per heavy atom. The molecule has 4 rings (SSSR count). The zero-order chi connectivity index (χ0) is 25.9. The maximum Gasteiger partial charge on any atom is 0.411 e. The van der Waals surface area contributed by atoms with E-state index in [4.69, 9.17) is 14.2 Å². The number of anilines is 3. The van der Waals surface area contributed by atoms with E-state index in [1.807, 2.05) is 31.2 Å². The van der Waals surface area contributed by atoms with E-state index in [0.717, 1.165) is 11.1 Å². The Kier molecular flexibility index (Phi) is 9.19. The minimum Gasteiger partial charge on any atom is -0.497 e. The SMILES string of the molecule is COc1cccc(NC(=O)OCCCc2nc(NN=Cc3cccc(C)c3)nc(N3CCOCC3)n2)c1. The number of ether oxygens (including phenoxy) is 3. The van der Waals surface area contributed by atoms with Crippen LogP contribution >= 0.6 is 0 Å². The van der Waals surface area contributed by atoms with Crippen LogP contribution in [0.4, 0.5) is 22.4 Å². The molecule has 1 aliphatic heterocycles. The summed E-state index contributed by atoms with van der Waals surface area (Å²) in [6.45, 7) is 4.87. The van der Waals surface area contributed by atoms with E-state index in [9.17, 15) is 4.79 Å².